The van der Waals surface area contributed by atoms with Crippen LogP contribution < -0.4 is 10.1 Å². The largest absolute Gasteiger partial charge is 0.493 e. The van der Waals surface area contributed by atoms with Crippen molar-refractivity contribution in [3.05, 3.63) is 28.8 Å². The van der Waals surface area contributed by atoms with Gasteiger partial charge in [-0.1, -0.05) is 0 Å². The van der Waals surface area contributed by atoms with Crippen molar-refractivity contribution in [2.45, 2.75) is 25.3 Å². The highest BCUT2D eigenvalue weighted by atomic mass is 19.1. The Morgan fingerprint density at radius 1 is 1.40 bits per heavy atom. The summed E-state index contributed by atoms with van der Waals surface area (Å²) in [6, 6.07) is 0.432. The maximum Gasteiger partial charge on any atom is 0.307 e. The van der Waals surface area contributed by atoms with E-state index in [2.05, 4.69) is 5.32 Å². The molecular formula is C14H15F2NO3. The first-order valence-electron chi connectivity index (χ1n) is 6.67. The molecule has 2 heterocycles. The fraction of sp³-hybridized carbons (Fsp3) is 0.500. The van der Waals surface area contributed by atoms with Gasteiger partial charge >= 0.3 is 5.97 Å². The Hall–Kier alpha value is -1.69. The van der Waals surface area contributed by atoms with E-state index in [0.29, 0.717) is 25.0 Å². The van der Waals surface area contributed by atoms with Gasteiger partial charge in [-0.15, -0.1) is 0 Å². The predicted molar refractivity (Wildman–Crippen MR) is 66.7 cm³/mol. The van der Waals surface area contributed by atoms with Gasteiger partial charge in [0.05, 0.1) is 12.5 Å². The molecule has 2 N–H and O–H groups in total. The minimum atomic E-state index is -0.905. The van der Waals surface area contributed by atoms with Crippen LogP contribution in [0.25, 0.3) is 0 Å². The second-order valence-electron chi connectivity index (χ2n) is 5.25. The van der Waals surface area contributed by atoms with Crippen molar-refractivity contribution < 1.29 is 23.4 Å². The Bertz CT molecular complexity index is 562. The van der Waals surface area contributed by atoms with Crippen molar-refractivity contribution in [2.24, 2.45) is 5.92 Å². The lowest BCUT2D eigenvalue weighted by Crippen LogP contribution is -2.20. The zero-order valence-electron chi connectivity index (χ0n) is 10.8. The Kier molecular flexibility index (Phi) is 3.33. The average Bonchev–Trinajstić information content (AvgIpc) is 2.88. The van der Waals surface area contributed by atoms with Gasteiger partial charge in [-0.2, -0.15) is 0 Å². The van der Waals surface area contributed by atoms with Crippen LogP contribution in [0.15, 0.2) is 6.07 Å². The topological polar surface area (TPSA) is 58.6 Å². The molecular weight excluding hydrogens is 268 g/mol. The summed E-state index contributed by atoms with van der Waals surface area (Å²) >= 11 is 0. The molecule has 4 nitrogen and oxygen atoms in total. The molecule has 0 saturated carbocycles. The second-order valence-corrected chi connectivity index (χ2v) is 5.25. The van der Waals surface area contributed by atoms with Crippen LogP contribution in [0.3, 0.4) is 0 Å². The number of halogens is 2. The molecule has 0 aliphatic carbocycles. The van der Waals surface area contributed by atoms with Crippen molar-refractivity contribution in [2.75, 3.05) is 13.2 Å². The zero-order chi connectivity index (χ0) is 14.3. The molecule has 0 spiro atoms. The highest BCUT2D eigenvalue weighted by molar-refractivity contribution is 5.71. The lowest BCUT2D eigenvalue weighted by Gasteiger charge is -2.24. The van der Waals surface area contributed by atoms with Crippen molar-refractivity contribution in [3.8, 4) is 5.75 Å². The van der Waals surface area contributed by atoms with Gasteiger partial charge in [-0.05, 0) is 19.3 Å². The minimum absolute atomic E-state index is 0.261. The molecule has 108 valence electrons. The first-order valence-corrected chi connectivity index (χ1v) is 6.67. The van der Waals surface area contributed by atoms with Gasteiger partial charge in [0.25, 0.3) is 0 Å². The van der Waals surface area contributed by atoms with Gasteiger partial charge in [-0.25, -0.2) is 8.78 Å². The number of carboxylic acid groups (broad SMARTS) is 1. The molecule has 6 heteroatoms. The highest BCUT2D eigenvalue weighted by Gasteiger charge is 2.35. The molecule has 2 aliphatic heterocycles. The Labute approximate surface area is 114 Å². The Balaban J connectivity index is 1.99. The molecule has 2 unspecified atom stereocenters. The van der Waals surface area contributed by atoms with E-state index in [1.165, 1.54) is 0 Å². The fourth-order valence-electron chi connectivity index (χ4n) is 2.95. The molecule has 0 bridgehead atoms. The predicted octanol–water partition coefficient (Wildman–Crippen LogP) is 2.02. The third-order valence-electron chi connectivity index (χ3n) is 3.96. The molecule has 2 aliphatic rings. The Morgan fingerprint density at radius 2 is 2.20 bits per heavy atom. The quantitative estimate of drug-likeness (QED) is 0.872. The van der Waals surface area contributed by atoms with Crippen molar-refractivity contribution in [1.82, 2.24) is 5.32 Å². The van der Waals surface area contributed by atoms with Crippen molar-refractivity contribution in [3.63, 3.8) is 0 Å². The highest BCUT2D eigenvalue weighted by Crippen LogP contribution is 2.40. The number of aliphatic carboxylic acids is 1. The monoisotopic (exact) mass is 283 g/mol. The summed E-state index contributed by atoms with van der Waals surface area (Å²) in [7, 11) is 0. The molecule has 0 amide bonds. The van der Waals surface area contributed by atoms with Gasteiger partial charge in [-0.3, -0.25) is 4.79 Å². The third-order valence-corrected chi connectivity index (χ3v) is 3.96. The number of benzene rings is 1. The minimum Gasteiger partial charge on any atom is -0.493 e. The van der Waals surface area contributed by atoms with Crippen LogP contribution >= 0.6 is 0 Å². The summed E-state index contributed by atoms with van der Waals surface area (Å²) in [4.78, 5) is 11.0. The van der Waals surface area contributed by atoms with Crippen LogP contribution in [0.2, 0.25) is 0 Å². The number of carboxylic acids is 1. The van der Waals surface area contributed by atoms with Gasteiger partial charge in [0.2, 0.25) is 0 Å². The van der Waals surface area contributed by atoms with Gasteiger partial charge in [0, 0.05) is 29.8 Å². The standard InChI is InChI=1S/C14H15F2NO3/c15-9-5-10(16)12(13-8(9)2-1-3-20-13)11-4-7(6-17-11)14(18)19/h5,7,11,17H,1-4,6H2,(H,18,19). The van der Waals surface area contributed by atoms with E-state index < -0.39 is 29.6 Å². The molecule has 20 heavy (non-hydrogen) atoms. The molecule has 3 rings (SSSR count). The lowest BCUT2D eigenvalue weighted by molar-refractivity contribution is -0.141. The Morgan fingerprint density at radius 3 is 2.90 bits per heavy atom. The summed E-state index contributed by atoms with van der Waals surface area (Å²) in [5.74, 6) is -2.46. The smallest absolute Gasteiger partial charge is 0.307 e. The summed E-state index contributed by atoms with van der Waals surface area (Å²) in [6.45, 7) is 0.712. The molecule has 1 fully saturated rings. The van der Waals surface area contributed by atoms with E-state index in [1.807, 2.05) is 0 Å². The normalized spacial score (nSPS) is 25.1. The number of nitrogens with one attached hydrogen (secondary N) is 1. The zero-order valence-corrected chi connectivity index (χ0v) is 10.8. The SMILES string of the molecule is O=C(O)C1CNC(c2c(F)cc(F)c3c2OCCC3)C1. The average molecular weight is 283 g/mol. The third kappa shape index (κ3) is 2.14. The number of rotatable bonds is 2. The molecule has 1 aromatic carbocycles. The van der Waals surface area contributed by atoms with E-state index in [-0.39, 0.29) is 24.3 Å². The maximum atomic E-state index is 14.1. The van der Waals surface area contributed by atoms with E-state index >= 15 is 0 Å². The molecule has 0 radical (unpaired) electrons. The molecule has 1 saturated heterocycles. The van der Waals surface area contributed by atoms with Gasteiger partial charge in [0.15, 0.2) is 0 Å². The van der Waals surface area contributed by atoms with E-state index in [4.69, 9.17) is 9.84 Å². The number of carbonyl (C=O) groups is 1. The summed E-state index contributed by atoms with van der Waals surface area (Å²) < 4.78 is 33.3. The summed E-state index contributed by atoms with van der Waals surface area (Å²) in [6.07, 6.45) is 1.50. The lowest BCUT2D eigenvalue weighted by atomic mass is 9.94. The van der Waals surface area contributed by atoms with Crippen LogP contribution in [-0.2, 0) is 11.2 Å². The number of fused-ring (bicyclic) bond motifs is 1. The number of ether oxygens (including phenoxy) is 1. The number of hydrogen-bond acceptors (Lipinski definition) is 3. The van der Waals surface area contributed by atoms with Crippen molar-refractivity contribution in [1.29, 1.82) is 0 Å². The first kappa shape index (κ1) is 13.3. The number of hydrogen-bond donors (Lipinski definition) is 2. The van der Waals surface area contributed by atoms with Crippen LogP contribution in [0.1, 0.15) is 30.0 Å². The summed E-state index contributed by atoms with van der Waals surface area (Å²) in [5.41, 5.74) is 0.665. The van der Waals surface area contributed by atoms with Crippen LogP contribution in [0, 0.1) is 17.6 Å². The second kappa shape index (κ2) is 5.01. The van der Waals surface area contributed by atoms with Gasteiger partial charge < -0.3 is 15.2 Å². The van der Waals surface area contributed by atoms with E-state index in [1.54, 1.807) is 0 Å². The van der Waals surface area contributed by atoms with Crippen LogP contribution in [-0.4, -0.2) is 24.2 Å². The fourth-order valence-corrected chi connectivity index (χ4v) is 2.95. The summed E-state index contributed by atoms with van der Waals surface area (Å²) in [5, 5.41) is 12.0. The molecule has 0 aromatic heterocycles. The first-order chi connectivity index (χ1) is 9.58. The van der Waals surface area contributed by atoms with E-state index in [0.717, 1.165) is 6.07 Å². The molecule has 2 atom stereocenters. The van der Waals surface area contributed by atoms with Crippen molar-refractivity contribution >= 4 is 5.97 Å². The van der Waals surface area contributed by atoms with Crippen LogP contribution in [0.4, 0.5) is 8.78 Å². The van der Waals surface area contributed by atoms with E-state index in [9.17, 15) is 13.6 Å². The maximum absolute atomic E-state index is 14.1. The molecule has 1 aromatic rings. The van der Waals surface area contributed by atoms with Crippen LogP contribution in [0.5, 0.6) is 5.75 Å². The van der Waals surface area contributed by atoms with Gasteiger partial charge in [0.1, 0.15) is 17.4 Å².